The SMILES string of the molecule is Cc1ccc(OCCCCNC(=O)CCOCCCC(=O)CCN2C(=O)C=CC2=O)cc1. The zero-order valence-corrected chi connectivity index (χ0v) is 18.6. The molecule has 0 bridgehead atoms. The number of Topliss-reactive ketones (excluding diaryl/α,β-unsaturated/α-hetero) is 1. The number of amides is 3. The lowest BCUT2D eigenvalue weighted by Gasteiger charge is -2.12. The predicted octanol–water partition coefficient (Wildman–Crippen LogP) is 2.34. The van der Waals surface area contributed by atoms with Gasteiger partial charge in [0.2, 0.25) is 5.91 Å². The van der Waals surface area contributed by atoms with E-state index in [0.29, 0.717) is 39.2 Å². The van der Waals surface area contributed by atoms with Gasteiger partial charge < -0.3 is 14.8 Å². The molecule has 0 atom stereocenters. The Labute approximate surface area is 188 Å². The molecule has 1 aliphatic heterocycles. The molecule has 1 heterocycles. The Kier molecular flexibility index (Phi) is 11.2. The fourth-order valence-corrected chi connectivity index (χ4v) is 3.02. The van der Waals surface area contributed by atoms with Crippen molar-refractivity contribution in [3.8, 4) is 5.75 Å². The van der Waals surface area contributed by atoms with Gasteiger partial charge in [-0.2, -0.15) is 0 Å². The van der Waals surface area contributed by atoms with E-state index in [1.165, 1.54) is 17.7 Å². The zero-order valence-electron chi connectivity index (χ0n) is 18.6. The number of hydrogen-bond acceptors (Lipinski definition) is 6. The van der Waals surface area contributed by atoms with Crippen LogP contribution in [0.5, 0.6) is 5.75 Å². The van der Waals surface area contributed by atoms with Crippen LogP contribution in [0.3, 0.4) is 0 Å². The Bertz CT molecular complexity index is 785. The number of hydrogen-bond donors (Lipinski definition) is 1. The molecule has 0 saturated heterocycles. The molecule has 0 fully saturated rings. The van der Waals surface area contributed by atoms with Gasteiger partial charge in [-0.3, -0.25) is 24.1 Å². The number of ketones is 1. The van der Waals surface area contributed by atoms with Gasteiger partial charge in [-0.05, 0) is 38.3 Å². The first-order chi connectivity index (χ1) is 15.5. The van der Waals surface area contributed by atoms with Crippen molar-refractivity contribution >= 4 is 23.5 Å². The summed E-state index contributed by atoms with van der Waals surface area (Å²) in [5.74, 6) is 0.0202. The molecule has 1 aromatic carbocycles. The third-order valence-corrected chi connectivity index (χ3v) is 4.92. The molecule has 1 aliphatic rings. The van der Waals surface area contributed by atoms with Crippen LogP contribution in [0.15, 0.2) is 36.4 Å². The Morgan fingerprint density at radius 3 is 2.31 bits per heavy atom. The van der Waals surface area contributed by atoms with Gasteiger partial charge in [0.15, 0.2) is 0 Å². The normalized spacial score (nSPS) is 13.0. The largest absolute Gasteiger partial charge is 0.494 e. The summed E-state index contributed by atoms with van der Waals surface area (Å²) < 4.78 is 11.1. The predicted molar refractivity (Wildman–Crippen MR) is 119 cm³/mol. The number of benzene rings is 1. The summed E-state index contributed by atoms with van der Waals surface area (Å²) in [5.41, 5.74) is 1.20. The quantitative estimate of drug-likeness (QED) is 0.310. The van der Waals surface area contributed by atoms with Crippen LogP contribution in [-0.4, -0.2) is 61.3 Å². The van der Waals surface area contributed by atoms with Crippen molar-refractivity contribution in [1.82, 2.24) is 10.2 Å². The fraction of sp³-hybridized carbons (Fsp3) is 0.500. The highest BCUT2D eigenvalue weighted by molar-refractivity contribution is 6.13. The van der Waals surface area contributed by atoms with E-state index in [9.17, 15) is 19.2 Å². The summed E-state index contributed by atoms with van der Waals surface area (Å²) in [7, 11) is 0. The first-order valence-corrected chi connectivity index (χ1v) is 11.0. The number of nitrogens with zero attached hydrogens (tertiary/aromatic N) is 1. The Hall–Kier alpha value is -3.00. The van der Waals surface area contributed by atoms with E-state index in [0.717, 1.165) is 23.5 Å². The summed E-state index contributed by atoms with van der Waals surface area (Å²) in [6.07, 6.45) is 5.40. The van der Waals surface area contributed by atoms with Crippen molar-refractivity contribution in [2.75, 3.05) is 32.9 Å². The third kappa shape index (κ3) is 9.87. The van der Waals surface area contributed by atoms with Crippen molar-refractivity contribution in [3.05, 3.63) is 42.0 Å². The molecule has 0 aliphatic carbocycles. The van der Waals surface area contributed by atoms with Crippen molar-refractivity contribution in [2.45, 2.75) is 45.4 Å². The van der Waals surface area contributed by atoms with Gasteiger partial charge in [-0.1, -0.05) is 17.7 Å². The standard InChI is InChI=1S/C24H32N2O6/c1-19-6-8-21(9-7-19)32-17-3-2-14-25-22(28)13-18-31-16-4-5-20(27)12-15-26-23(29)10-11-24(26)30/h6-11H,2-5,12-18H2,1H3,(H,25,28). The second kappa shape index (κ2) is 14.1. The van der Waals surface area contributed by atoms with Gasteiger partial charge in [-0.15, -0.1) is 0 Å². The highest BCUT2D eigenvalue weighted by Gasteiger charge is 2.23. The lowest BCUT2D eigenvalue weighted by Crippen LogP contribution is -2.32. The van der Waals surface area contributed by atoms with E-state index in [2.05, 4.69) is 5.32 Å². The van der Waals surface area contributed by atoms with Crippen LogP contribution in [0.1, 0.15) is 44.1 Å². The van der Waals surface area contributed by atoms with Crippen LogP contribution in [0, 0.1) is 6.92 Å². The van der Waals surface area contributed by atoms with Gasteiger partial charge in [-0.25, -0.2) is 0 Å². The highest BCUT2D eigenvalue weighted by Crippen LogP contribution is 2.11. The number of rotatable bonds is 16. The first-order valence-electron chi connectivity index (χ1n) is 11.0. The number of aryl methyl sites for hydroxylation is 1. The van der Waals surface area contributed by atoms with E-state index in [4.69, 9.17) is 9.47 Å². The van der Waals surface area contributed by atoms with E-state index in [1.54, 1.807) is 0 Å². The second-order valence-electron chi connectivity index (χ2n) is 7.63. The molecule has 1 N–H and O–H groups in total. The summed E-state index contributed by atoms with van der Waals surface area (Å²) in [4.78, 5) is 47.5. The molecule has 0 saturated carbocycles. The van der Waals surface area contributed by atoms with Gasteiger partial charge in [0.25, 0.3) is 11.8 Å². The molecule has 1 aromatic rings. The van der Waals surface area contributed by atoms with Gasteiger partial charge in [0.05, 0.1) is 13.2 Å². The number of unbranched alkanes of at least 4 members (excludes halogenated alkanes) is 1. The molecule has 32 heavy (non-hydrogen) atoms. The molecular weight excluding hydrogens is 412 g/mol. The van der Waals surface area contributed by atoms with Crippen LogP contribution < -0.4 is 10.1 Å². The lowest BCUT2D eigenvalue weighted by molar-refractivity contribution is -0.137. The van der Waals surface area contributed by atoms with Gasteiger partial charge >= 0.3 is 0 Å². The van der Waals surface area contributed by atoms with Crippen LogP contribution in [-0.2, 0) is 23.9 Å². The maximum absolute atomic E-state index is 11.8. The number of carbonyl (C=O) groups excluding carboxylic acids is 4. The second-order valence-corrected chi connectivity index (χ2v) is 7.63. The van der Waals surface area contributed by atoms with E-state index < -0.39 is 0 Å². The van der Waals surface area contributed by atoms with Crippen LogP contribution in [0.2, 0.25) is 0 Å². The molecule has 0 aromatic heterocycles. The molecule has 0 unspecified atom stereocenters. The maximum atomic E-state index is 11.8. The molecule has 8 nitrogen and oxygen atoms in total. The van der Waals surface area contributed by atoms with Crippen LogP contribution >= 0.6 is 0 Å². The number of carbonyl (C=O) groups is 4. The van der Waals surface area contributed by atoms with Gasteiger partial charge in [0, 0.05) is 51.1 Å². The van der Waals surface area contributed by atoms with Crippen molar-refractivity contribution in [3.63, 3.8) is 0 Å². The molecule has 2 rings (SSSR count). The van der Waals surface area contributed by atoms with Crippen molar-refractivity contribution < 1.29 is 28.7 Å². The van der Waals surface area contributed by atoms with Gasteiger partial charge in [0.1, 0.15) is 11.5 Å². The Morgan fingerprint density at radius 2 is 1.59 bits per heavy atom. The molecular formula is C24H32N2O6. The number of imide groups is 1. The minimum absolute atomic E-state index is 0.0230. The monoisotopic (exact) mass is 444 g/mol. The van der Waals surface area contributed by atoms with E-state index in [-0.39, 0.29) is 42.9 Å². The van der Waals surface area contributed by atoms with E-state index >= 15 is 0 Å². The van der Waals surface area contributed by atoms with Crippen LogP contribution in [0.4, 0.5) is 0 Å². The summed E-state index contributed by atoms with van der Waals surface area (Å²) >= 11 is 0. The topological polar surface area (TPSA) is 102 Å². The number of ether oxygens (including phenoxy) is 2. The maximum Gasteiger partial charge on any atom is 0.253 e. The molecule has 3 amide bonds. The Morgan fingerprint density at radius 1 is 0.875 bits per heavy atom. The number of nitrogens with one attached hydrogen (secondary N) is 1. The third-order valence-electron chi connectivity index (χ3n) is 4.92. The average Bonchev–Trinajstić information content (AvgIpc) is 3.10. The Balaban J connectivity index is 1.38. The lowest BCUT2D eigenvalue weighted by atomic mass is 10.1. The molecule has 0 radical (unpaired) electrons. The van der Waals surface area contributed by atoms with Crippen LogP contribution in [0.25, 0.3) is 0 Å². The highest BCUT2D eigenvalue weighted by atomic mass is 16.5. The minimum Gasteiger partial charge on any atom is -0.494 e. The average molecular weight is 445 g/mol. The molecule has 8 heteroatoms. The summed E-state index contributed by atoms with van der Waals surface area (Å²) in [5, 5.41) is 2.86. The smallest absolute Gasteiger partial charge is 0.253 e. The summed E-state index contributed by atoms with van der Waals surface area (Å²) in [6, 6.07) is 7.91. The molecule has 174 valence electrons. The van der Waals surface area contributed by atoms with Crippen molar-refractivity contribution in [1.29, 1.82) is 0 Å². The summed E-state index contributed by atoms with van der Waals surface area (Å²) in [6.45, 7) is 4.05. The van der Waals surface area contributed by atoms with Crippen molar-refractivity contribution in [2.24, 2.45) is 0 Å². The zero-order chi connectivity index (χ0) is 23.2. The molecule has 0 spiro atoms. The van der Waals surface area contributed by atoms with E-state index in [1.807, 2.05) is 31.2 Å². The first kappa shape index (κ1) is 25.3. The fourth-order valence-electron chi connectivity index (χ4n) is 3.02. The minimum atomic E-state index is -0.375.